The number of nitrogens with zero attached hydrogens (tertiary/aromatic N) is 2. The van der Waals surface area contributed by atoms with Crippen LogP contribution >= 0.6 is 0 Å². The van der Waals surface area contributed by atoms with Gasteiger partial charge < -0.3 is 4.74 Å². The van der Waals surface area contributed by atoms with Gasteiger partial charge in [0.05, 0.1) is 18.9 Å². The summed E-state index contributed by atoms with van der Waals surface area (Å²) >= 11 is 0. The minimum absolute atomic E-state index is 0.00152. The van der Waals surface area contributed by atoms with Gasteiger partial charge >= 0.3 is 0 Å². The zero-order valence-corrected chi connectivity index (χ0v) is 20.6. The first-order valence-corrected chi connectivity index (χ1v) is 12.7. The number of methoxy groups -OCH3 is 1. The van der Waals surface area contributed by atoms with Crippen molar-refractivity contribution in [3.63, 3.8) is 0 Å². The summed E-state index contributed by atoms with van der Waals surface area (Å²) in [6, 6.07) is 8.11. The fraction of sp³-hybridized carbons (Fsp3) is 0.552. The lowest BCUT2D eigenvalue weighted by Gasteiger charge is -2.56. The monoisotopic (exact) mass is 458 g/mol. The van der Waals surface area contributed by atoms with E-state index in [1.165, 1.54) is 11.3 Å². The number of carbonyl (C=O) groups excluding carboxylic acids is 2. The van der Waals surface area contributed by atoms with Crippen molar-refractivity contribution in [2.45, 2.75) is 58.9 Å². The molecule has 1 aromatic rings. The number of hydrogen-bond acceptors (Lipinski definition) is 4. The Kier molecular flexibility index (Phi) is 4.75. The van der Waals surface area contributed by atoms with Crippen LogP contribution < -0.4 is 4.74 Å². The topological polar surface area (TPSA) is 59.0 Å². The molecule has 1 aromatic carbocycles. The fourth-order valence-electron chi connectivity index (χ4n) is 8.34. The second-order valence-electron chi connectivity index (χ2n) is 11.5. The summed E-state index contributed by atoms with van der Waals surface area (Å²) in [6.45, 7) is 6.40. The second-order valence-corrected chi connectivity index (χ2v) is 11.5. The second kappa shape index (κ2) is 7.40. The highest BCUT2D eigenvalue weighted by atomic mass is 16.5. The van der Waals surface area contributed by atoms with Gasteiger partial charge in [-0.05, 0) is 79.7 Å². The van der Waals surface area contributed by atoms with Gasteiger partial charge in [0.25, 0.3) is 0 Å². The number of carbonyl (C=O) groups is 2. The quantitative estimate of drug-likeness (QED) is 0.589. The van der Waals surface area contributed by atoms with Gasteiger partial charge in [0, 0.05) is 23.7 Å². The number of benzene rings is 1. The van der Waals surface area contributed by atoms with Crippen LogP contribution in [0.25, 0.3) is 0 Å². The van der Waals surface area contributed by atoms with E-state index < -0.39 is 0 Å². The van der Waals surface area contributed by atoms with Crippen LogP contribution in [-0.4, -0.2) is 29.5 Å². The highest BCUT2D eigenvalue weighted by Crippen LogP contribution is 2.66. The molecule has 4 aliphatic carbocycles. The van der Waals surface area contributed by atoms with Crippen LogP contribution in [0.1, 0.15) is 64.5 Å². The zero-order valence-electron chi connectivity index (χ0n) is 20.6. The maximum Gasteiger partial charge on any atom is 0.240 e. The maximum absolute atomic E-state index is 12.7. The predicted molar refractivity (Wildman–Crippen MR) is 131 cm³/mol. The van der Waals surface area contributed by atoms with Crippen molar-refractivity contribution >= 4 is 17.4 Å². The SMILES string of the molecule is COc1ccc([C@@H]2[C@H]3C[C@H]4[C@@H]5CCC6=CC(=O)C=C[C@]6(C)[C@H]5CC[C@]4(C)C3=NN2C(C)=O)cc1. The van der Waals surface area contributed by atoms with Gasteiger partial charge in [-0.3, -0.25) is 9.59 Å². The van der Waals surface area contributed by atoms with Crippen LogP contribution in [0.3, 0.4) is 0 Å². The molecule has 1 aliphatic heterocycles. The van der Waals surface area contributed by atoms with Crippen LogP contribution in [0.4, 0.5) is 0 Å². The van der Waals surface area contributed by atoms with Crippen molar-refractivity contribution < 1.29 is 14.3 Å². The third-order valence-electron chi connectivity index (χ3n) is 10.0. The average Bonchev–Trinajstić information content (AvgIpc) is 3.34. The first-order valence-electron chi connectivity index (χ1n) is 12.7. The molecule has 0 spiro atoms. The van der Waals surface area contributed by atoms with Crippen molar-refractivity contribution in [3.8, 4) is 5.75 Å². The lowest BCUT2D eigenvalue weighted by Crippen LogP contribution is -2.49. The van der Waals surface area contributed by atoms with E-state index in [-0.39, 0.29) is 34.5 Å². The number of hydrazone groups is 1. The molecule has 1 amide bonds. The largest absolute Gasteiger partial charge is 0.497 e. The third kappa shape index (κ3) is 2.88. The highest BCUT2D eigenvalue weighted by Gasteiger charge is 2.63. The van der Waals surface area contributed by atoms with Crippen molar-refractivity contribution in [3.05, 3.63) is 53.6 Å². The average molecular weight is 459 g/mol. The van der Waals surface area contributed by atoms with E-state index >= 15 is 0 Å². The molecule has 5 heteroatoms. The molecule has 7 atom stereocenters. The molecule has 0 aromatic heterocycles. The van der Waals surface area contributed by atoms with Crippen LogP contribution in [0.15, 0.2) is 53.2 Å². The van der Waals surface area contributed by atoms with E-state index in [0.717, 1.165) is 43.4 Å². The minimum atomic E-state index is -0.0406. The van der Waals surface area contributed by atoms with Gasteiger partial charge in [-0.1, -0.05) is 37.6 Å². The van der Waals surface area contributed by atoms with Gasteiger partial charge in [0.15, 0.2) is 5.78 Å². The Bertz CT molecular complexity index is 1150. The van der Waals surface area contributed by atoms with Crippen LogP contribution in [0.2, 0.25) is 0 Å². The highest BCUT2D eigenvalue weighted by molar-refractivity contribution is 6.01. The molecule has 0 radical (unpaired) electrons. The lowest BCUT2D eigenvalue weighted by molar-refractivity contribution is -0.131. The Morgan fingerprint density at radius 2 is 1.91 bits per heavy atom. The first kappa shape index (κ1) is 21.8. The van der Waals surface area contributed by atoms with E-state index in [1.54, 1.807) is 25.1 Å². The number of amides is 1. The summed E-state index contributed by atoms with van der Waals surface area (Å²) in [5, 5.41) is 6.80. The standard InChI is InChI=1S/C29H34N2O3/c1-17(32)31-26(18-5-8-21(34-4)9-6-18)23-16-25-22-10-7-19-15-20(33)11-13-28(19,2)24(22)12-14-29(25,3)27(23)30-31/h5-6,8-9,11,13,15,22-26H,7,10,12,14,16H2,1-4H3/t22-,23-,24+,25+,26-,28+,29+/m1/s1. The fourth-order valence-corrected chi connectivity index (χ4v) is 8.34. The van der Waals surface area contributed by atoms with Crippen LogP contribution in [0.5, 0.6) is 5.75 Å². The Morgan fingerprint density at radius 3 is 2.62 bits per heavy atom. The summed E-state index contributed by atoms with van der Waals surface area (Å²) in [5.41, 5.74) is 3.74. The molecule has 3 fully saturated rings. The lowest BCUT2D eigenvalue weighted by atomic mass is 9.48. The molecule has 0 bridgehead atoms. The molecule has 6 rings (SSSR count). The molecule has 0 saturated heterocycles. The van der Waals surface area contributed by atoms with Crippen molar-refractivity contribution in [2.24, 2.45) is 39.6 Å². The summed E-state index contributed by atoms with van der Waals surface area (Å²) in [6.07, 6.45) is 11.4. The normalized spacial score (nSPS) is 40.1. The zero-order chi connectivity index (χ0) is 23.8. The summed E-state index contributed by atoms with van der Waals surface area (Å²) in [5.74, 6) is 2.99. The molecule has 1 heterocycles. The number of fused-ring (bicyclic) bond motifs is 7. The molecule has 178 valence electrons. The Morgan fingerprint density at radius 1 is 1.15 bits per heavy atom. The first-order chi connectivity index (χ1) is 16.3. The summed E-state index contributed by atoms with van der Waals surface area (Å²) < 4.78 is 5.36. The summed E-state index contributed by atoms with van der Waals surface area (Å²) in [4.78, 5) is 24.7. The van der Waals surface area contributed by atoms with E-state index in [1.807, 2.05) is 18.2 Å². The van der Waals surface area contributed by atoms with Crippen molar-refractivity contribution in [2.75, 3.05) is 7.11 Å². The maximum atomic E-state index is 12.7. The molecule has 5 aliphatic rings. The van der Waals surface area contributed by atoms with Gasteiger partial charge in [0.2, 0.25) is 5.91 Å². The molecule has 0 N–H and O–H groups in total. The smallest absolute Gasteiger partial charge is 0.240 e. The number of rotatable bonds is 2. The minimum Gasteiger partial charge on any atom is -0.497 e. The molecule has 3 saturated carbocycles. The van der Waals surface area contributed by atoms with Crippen LogP contribution in [-0.2, 0) is 9.59 Å². The van der Waals surface area contributed by atoms with Crippen molar-refractivity contribution in [1.82, 2.24) is 5.01 Å². The molecule has 34 heavy (non-hydrogen) atoms. The van der Waals surface area contributed by atoms with Gasteiger partial charge in [-0.2, -0.15) is 5.10 Å². The van der Waals surface area contributed by atoms with Gasteiger partial charge in [-0.25, -0.2) is 5.01 Å². The Balaban J connectivity index is 1.36. The van der Waals surface area contributed by atoms with E-state index in [9.17, 15) is 9.59 Å². The van der Waals surface area contributed by atoms with E-state index in [4.69, 9.17) is 9.84 Å². The summed E-state index contributed by atoms with van der Waals surface area (Å²) in [7, 11) is 1.68. The van der Waals surface area contributed by atoms with Gasteiger partial charge in [0.1, 0.15) is 5.75 Å². The molecule has 0 unspecified atom stereocenters. The molecule has 5 nitrogen and oxygen atoms in total. The van der Waals surface area contributed by atoms with E-state index in [2.05, 4.69) is 32.1 Å². The molecular formula is C29H34N2O3. The number of allylic oxidation sites excluding steroid dienone is 4. The molecular weight excluding hydrogens is 424 g/mol. The van der Waals surface area contributed by atoms with Gasteiger partial charge in [-0.15, -0.1) is 0 Å². The van der Waals surface area contributed by atoms with E-state index in [0.29, 0.717) is 17.8 Å². The number of hydrogen-bond donors (Lipinski definition) is 0. The van der Waals surface area contributed by atoms with Crippen molar-refractivity contribution in [1.29, 1.82) is 0 Å². The third-order valence-corrected chi connectivity index (χ3v) is 10.0. The Labute approximate surface area is 201 Å². The Hall–Kier alpha value is -2.69. The predicted octanol–water partition coefficient (Wildman–Crippen LogP) is 5.49. The van der Waals surface area contributed by atoms with Crippen LogP contribution in [0, 0.1) is 34.5 Å². The number of ketones is 1. The number of ether oxygens (including phenoxy) is 1.